The Morgan fingerprint density at radius 3 is 3.10 bits per heavy atom. The zero-order chi connectivity index (χ0) is 14.7. The predicted octanol–water partition coefficient (Wildman–Crippen LogP) is -0.283. The molecule has 0 radical (unpaired) electrons. The van der Waals surface area contributed by atoms with Crippen molar-refractivity contribution in [2.24, 2.45) is 13.0 Å². The van der Waals surface area contributed by atoms with Gasteiger partial charge in [0.25, 0.3) is 0 Å². The third-order valence-electron chi connectivity index (χ3n) is 3.46. The number of rotatable bonds is 7. The van der Waals surface area contributed by atoms with Crippen molar-refractivity contribution >= 4 is 5.91 Å². The maximum Gasteiger partial charge on any atom is 0.246 e. The maximum atomic E-state index is 11.9. The number of tetrazole rings is 1. The lowest BCUT2D eigenvalue weighted by molar-refractivity contribution is -0.127. The number of ether oxygens (including phenoxy) is 1. The Balaban J connectivity index is 1.48. The quantitative estimate of drug-likeness (QED) is 0.725. The topological polar surface area (TPSA) is 111 Å². The lowest BCUT2D eigenvalue weighted by Gasteiger charge is -2.14. The van der Waals surface area contributed by atoms with Gasteiger partial charge in [0, 0.05) is 13.2 Å². The van der Waals surface area contributed by atoms with Gasteiger partial charge in [-0.25, -0.2) is 0 Å². The summed E-state index contributed by atoms with van der Waals surface area (Å²) in [6.45, 7) is 0.340. The molecule has 112 valence electrons. The maximum absolute atomic E-state index is 11.9. The number of carbonyl (C=O) groups excluding carboxylic acids is 1. The number of carbonyl (C=O) groups is 1. The minimum Gasteiger partial charge on any atom is -0.365 e. The first-order valence-corrected chi connectivity index (χ1v) is 6.81. The van der Waals surface area contributed by atoms with Crippen molar-refractivity contribution in [3.8, 4) is 0 Å². The summed E-state index contributed by atoms with van der Waals surface area (Å²) in [5.41, 5.74) is 0.916. The first kappa shape index (κ1) is 13.7. The van der Waals surface area contributed by atoms with Crippen molar-refractivity contribution < 1.29 is 9.53 Å². The van der Waals surface area contributed by atoms with Crippen LogP contribution in [0.1, 0.15) is 30.4 Å². The molecular weight excluding hydrogens is 274 g/mol. The molecule has 1 aliphatic carbocycles. The van der Waals surface area contributed by atoms with Gasteiger partial charge in [-0.3, -0.25) is 9.48 Å². The lowest BCUT2D eigenvalue weighted by Crippen LogP contribution is -2.33. The van der Waals surface area contributed by atoms with Gasteiger partial charge in [0.15, 0.2) is 5.82 Å². The molecule has 9 nitrogen and oxygen atoms in total. The highest BCUT2D eigenvalue weighted by Gasteiger charge is 2.36. The minimum absolute atomic E-state index is 0.00769. The molecule has 2 N–H and O–H groups in total. The molecule has 1 saturated carbocycles. The van der Waals surface area contributed by atoms with E-state index < -0.39 is 0 Å². The molecule has 2 aromatic heterocycles. The van der Waals surface area contributed by atoms with Crippen LogP contribution >= 0.6 is 0 Å². The summed E-state index contributed by atoms with van der Waals surface area (Å²) < 4.78 is 7.11. The third kappa shape index (κ3) is 3.43. The van der Waals surface area contributed by atoms with E-state index in [0.29, 0.717) is 18.3 Å². The van der Waals surface area contributed by atoms with Gasteiger partial charge >= 0.3 is 0 Å². The molecule has 1 fully saturated rings. The fourth-order valence-corrected chi connectivity index (χ4v) is 2.13. The van der Waals surface area contributed by atoms with Crippen LogP contribution in [-0.2, 0) is 23.2 Å². The predicted molar refractivity (Wildman–Crippen MR) is 70.6 cm³/mol. The van der Waals surface area contributed by atoms with Crippen LogP contribution in [0.3, 0.4) is 0 Å². The van der Waals surface area contributed by atoms with Gasteiger partial charge in [-0.2, -0.15) is 10.3 Å². The van der Waals surface area contributed by atoms with Crippen molar-refractivity contribution in [2.45, 2.75) is 25.5 Å². The molecule has 2 heterocycles. The zero-order valence-corrected chi connectivity index (χ0v) is 11.7. The molecular formula is C12H17N7O2. The van der Waals surface area contributed by atoms with Crippen molar-refractivity contribution in [3.63, 3.8) is 0 Å². The molecule has 9 heteroatoms. The van der Waals surface area contributed by atoms with Crippen molar-refractivity contribution in [3.05, 3.63) is 23.8 Å². The van der Waals surface area contributed by atoms with Crippen LogP contribution in [0.2, 0.25) is 0 Å². The molecule has 21 heavy (non-hydrogen) atoms. The summed E-state index contributed by atoms with van der Waals surface area (Å²) in [7, 11) is 1.83. The SMILES string of the molecule is Cn1nccc1COCC(=O)NC(c1nn[nH]n1)C1CC1. The number of hydrogen-bond donors (Lipinski definition) is 2. The highest BCUT2D eigenvalue weighted by molar-refractivity contribution is 5.77. The molecule has 1 amide bonds. The number of aryl methyl sites for hydroxylation is 1. The summed E-state index contributed by atoms with van der Waals surface area (Å²) >= 11 is 0. The number of hydrogen-bond acceptors (Lipinski definition) is 6. The van der Waals surface area contributed by atoms with E-state index in [9.17, 15) is 4.79 Å². The number of H-pyrrole nitrogens is 1. The van der Waals surface area contributed by atoms with Crippen LogP contribution in [0.25, 0.3) is 0 Å². The van der Waals surface area contributed by atoms with Crippen LogP contribution in [0.5, 0.6) is 0 Å². The fraction of sp³-hybridized carbons (Fsp3) is 0.583. The summed E-state index contributed by atoms with van der Waals surface area (Å²) in [6.07, 6.45) is 3.82. The standard InChI is InChI=1S/C12H17N7O2/c1-19-9(4-5-13-19)6-21-7-10(20)14-11(8-2-3-8)12-15-17-18-16-12/h4-5,8,11H,2-3,6-7H2,1H3,(H,14,20)(H,15,16,17,18). The Morgan fingerprint density at radius 1 is 1.62 bits per heavy atom. The van der Waals surface area contributed by atoms with Gasteiger partial charge in [0.1, 0.15) is 6.61 Å². The van der Waals surface area contributed by atoms with Crippen molar-refractivity contribution in [1.82, 2.24) is 35.7 Å². The number of amides is 1. The molecule has 1 unspecified atom stereocenters. The average Bonchev–Trinajstić information content (AvgIpc) is 3.00. The van der Waals surface area contributed by atoms with Crippen molar-refractivity contribution in [2.75, 3.05) is 6.61 Å². The van der Waals surface area contributed by atoms with Gasteiger partial charge in [-0.15, -0.1) is 10.2 Å². The zero-order valence-electron chi connectivity index (χ0n) is 11.7. The number of nitrogens with one attached hydrogen (secondary N) is 2. The summed E-state index contributed by atoms with van der Waals surface area (Å²) in [4.78, 5) is 11.9. The third-order valence-corrected chi connectivity index (χ3v) is 3.46. The molecule has 0 aliphatic heterocycles. The Labute approximate surface area is 121 Å². The lowest BCUT2D eigenvalue weighted by atomic mass is 10.2. The summed E-state index contributed by atoms with van der Waals surface area (Å²) in [6, 6.07) is 1.67. The van der Waals surface area contributed by atoms with E-state index in [-0.39, 0.29) is 18.6 Å². The molecule has 2 aromatic rings. The van der Waals surface area contributed by atoms with Crippen LogP contribution in [-0.4, -0.2) is 42.9 Å². The molecule has 0 bridgehead atoms. The molecule has 0 saturated heterocycles. The second-order valence-electron chi connectivity index (χ2n) is 5.09. The molecule has 0 aromatic carbocycles. The first-order chi connectivity index (χ1) is 10.2. The highest BCUT2D eigenvalue weighted by Crippen LogP contribution is 2.39. The van der Waals surface area contributed by atoms with E-state index in [1.807, 2.05) is 13.1 Å². The van der Waals surface area contributed by atoms with Crippen LogP contribution in [0.15, 0.2) is 12.3 Å². The van der Waals surface area contributed by atoms with E-state index in [0.717, 1.165) is 18.5 Å². The minimum atomic E-state index is -0.184. The average molecular weight is 291 g/mol. The Hall–Kier alpha value is -2.29. The monoisotopic (exact) mass is 291 g/mol. The number of aromatic amines is 1. The second kappa shape index (κ2) is 6.00. The fourth-order valence-electron chi connectivity index (χ4n) is 2.13. The smallest absolute Gasteiger partial charge is 0.246 e. The van der Waals surface area contributed by atoms with Gasteiger partial charge in [-0.1, -0.05) is 5.21 Å². The van der Waals surface area contributed by atoms with E-state index in [2.05, 4.69) is 31.0 Å². The first-order valence-electron chi connectivity index (χ1n) is 6.81. The molecule has 1 atom stereocenters. The molecule has 1 aliphatic rings. The highest BCUT2D eigenvalue weighted by atomic mass is 16.5. The summed E-state index contributed by atoms with van der Waals surface area (Å²) in [5, 5.41) is 20.8. The second-order valence-corrected chi connectivity index (χ2v) is 5.09. The van der Waals surface area contributed by atoms with E-state index >= 15 is 0 Å². The number of nitrogens with zero attached hydrogens (tertiary/aromatic N) is 5. The van der Waals surface area contributed by atoms with Crippen LogP contribution in [0.4, 0.5) is 0 Å². The molecule has 3 rings (SSSR count). The van der Waals surface area contributed by atoms with Crippen molar-refractivity contribution in [1.29, 1.82) is 0 Å². The van der Waals surface area contributed by atoms with Gasteiger partial charge in [-0.05, 0) is 24.8 Å². The largest absolute Gasteiger partial charge is 0.365 e. The van der Waals surface area contributed by atoms with Crippen LogP contribution in [0, 0.1) is 5.92 Å². The summed E-state index contributed by atoms with van der Waals surface area (Å²) in [5.74, 6) is 0.736. The Bertz CT molecular complexity index is 591. The molecule has 0 spiro atoms. The van der Waals surface area contributed by atoms with Gasteiger partial charge in [0.2, 0.25) is 5.91 Å². The Morgan fingerprint density at radius 2 is 2.48 bits per heavy atom. The van der Waals surface area contributed by atoms with Crippen LogP contribution < -0.4 is 5.32 Å². The number of aromatic nitrogens is 6. The van der Waals surface area contributed by atoms with E-state index in [1.165, 1.54) is 0 Å². The van der Waals surface area contributed by atoms with Gasteiger partial charge < -0.3 is 10.1 Å². The van der Waals surface area contributed by atoms with E-state index in [4.69, 9.17) is 4.74 Å². The van der Waals surface area contributed by atoms with E-state index in [1.54, 1.807) is 10.9 Å². The normalized spacial score (nSPS) is 15.9. The van der Waals surface area contributed by atoms with Gasteiger partial charge in [0.05, 0.1) is 18.3 Å². The Kier molecular flexibility index (Phi) is 3.91.